The van der Waals surface area contributed by atoms with Gasteiger partial charge in [0.25, 0.3) is 0 Å². The number of benzene rings is 4. The van der Waals surface area contributed by atoms with E-state index in [1.54, 1.807) is 19.2 Å². The molecule has 0 spiro atoms. The van der Waals surface area contributed by atoms with Gasteiger partial charge < -0.3 is 34.1 Å². The average Bonchev–Trinajstić information content (AvgIpc) is 3.97. The smallest absolute Gasteiger partial charge is 0.319 e. The van der Waals surface area contributed by atoms with Crippen LogP contribution in [0.15, 0.2) is 72.8 Å². The van der Waals surface area contributed by atoms with Gasteiger partial charge in [0.15, 0.2) is 12.6 Å². The molecule has 57 heavy (non-hydrogen) atoms. The van der Waals surface area contributed by atoms with Gasteiger partial charge in [-0.3, -0.25) is 9.80 Å². The van der Waals surface area contributed by atoms with Crippen molar-refractivity contribution < 1.29 is 33.6 Å². The molecular formula is C44H49ClFN5O6. The summed E-state index contributed by atoms with van der Waals surface area (Å²) in [6.45, 7) is 9.39. The minimum atomic E-state index is -1.01. The monoisotopic (exact) mass is 797 g/mol. The van der Waals surface area contributed by atoms with Crippen molar-refractivity contribution in [1.29, 1.82) is 0 Å². The number of piperazine rings is 1. The quantitative estimate of drug-likeness (QED) is 0.140. The molecule has 4 heterocycles. The van der Waals surface area contributed by atoms with E-state index in [9.17, 15) is 10.2 Å². The first-order chi connectivity index (χ1) is 27.6. The lowest BCUT2D eigenvalue weighted by Gasteiger charge is -2.49. The molecule has 3 aliphatic heterocycles. The lowest BCUT2D eigenvalue weighted by Crippen LogP contribution is -2.61. The summed E-state index contributed by atoms with van der Waals surface area (Å²) in [6, 6.07) is 22.4. The van der Waals surface area contributed by atoms with E-state index in [0.717, 1.165) is 62.0 Å². The lowest BCUT2D eigenvalue weighted by molar-refractivity contribution is 0.0208. The Hall–Kier alpha value is -4.14. The fourth-order valence-corrected chi connectivity index (χ4v) is 9.63. The van der Waals surface area contributed by atoms with Crippen LogP contribution in [0.5, 0.6) is 11.8 Å². The highest BCUT2D eigenvalue weighted by Gasteiger charge is 2.57. The number of nitrogens with zero attached hydrogens (tertiary/aromatic N) is 5. The van der Waals surface area contributed by atoms with Crippen molar-refractivity contribution >= 4 is 39.1 Å². The number of morpholine rings is 1. The van der Waals surface area contributed by atoms with E-state index in [0.29, 0.717) is 42.2 Å². The Morgan fingerprint density at radius 3 is 2.32 bits per heavy atom. The Balaban J connectivity index is 1.14. The van der Waals surface area contributed by atoms with Crippen molar-refractivity contribution in [2.75, 3.05) is 71.3 Å². The Labute approximate surface area is 336 Å². The van der Waals surface area contributed by atoms with Crippen molar-refractivity contribution in [1.82, 2.24) is 19.8 Å². The van der Waals surface area contributed by atoms with Crippen LogP contribution in [0.1, 0.15) is 32.3 Å². The van der Waals surface area contributed by atoms with Crippen LogP contribution in [0.3, 0.4) is 0 Å². The maximum Gasteiger partial charge on any atom is 0.319 e. The number of hydrogen-bond acceptors (Lipinski definition) is 11. The number of rotatable bonds is 12. The SMILES string of the molecule is COCOc1cc(-c2c(Cl)cc3c(N4CC5C(O)C(O)C(C4)N5C(C)(C)c4ccccc4)nc(OCC4(CN5CCOCC5)CC4)nc3c2F)c2ccccc2c1. The number of aromatic nitrogens is 2. The summed E-state index contributed by atoms with van der Waals surface area (Å²) in [4.78, 5) is 16.4. The molecule has 0 radical (unpaired) electrons. The predicted octanol–water partition coefficient (Wildman–Crippen LogP) is 6.25. The second-order valence-electron chi connectivity index (χ2n) is 16.5. The van der Waals surface area contributed by atoms with Crippen LogP contribution in [0.4, 0.5) is 10.2 Å². The van der Waals surface area contributed by atoms with Crippen molar-refractivity contribution in [3.05, 3.63) is 89.2 Å². The summed E-state index contributed by atoms with van der Waals surface area (Å²) in [5.74, 6) is 0.338. The zero-order chi connectivity index (χ0) is 39.5. The van der Waals surface area contributed by atoms with Gasteiger partial charge in [0.1, 0.15) is 17.1 Å². The van der Waals surface area contributed by atoms with Gasteiger partial charge in [-0.1, -0.05) is 66.2 Å². The second kappa shape index (κ2) is 15.2. The molecule has 1 saturated carbocycles. The summed E-state index contributed by atoms with van der Waals surface area (Å²) in [5.41, 5.74) is 1.34. The topological polar surface area (TPSA) is 113 Å². The van der Waals surface area contributed by atoms with Crippen LogP contribution < -0.4 is 14.4 Å². The molecule has 13 heteroatoms. The molecule has 2 bridgehead atoms. The minimum Gasteiger partial charge on any atom is -0.468 e. The molecule has 2 N–H and O–H groups in total. The molecule has 4 aromatic carbocycles. The third-order valence-electron chi connectivity index (χ3n) is 12.5. The number of halogens is 2. The maximum absolute atomic E-state index is 17.5. The molecule has 9 rings (SSSR count). The van der Waals surface area contributed by atoms with Gasteiger partial charge in [-0.2, -0.15) is 9.97 Å². The second-order valence-corrected chi connectivity index (χ2v) is 17.0. The number of fused-ring (bicyclic) bond motifs is 4. The first-order valence-corrected chi connectivity index (χ1v) is 20.2. The van der Waals surface area contributed by atoms with E-state index in [1.165, 1.54) is 0 Å². The Kier molecular flexibility index (Phi) is 10.3. The Morgan fingerprint density at radius 2 is 1.61 bits per heavy atom. The van der Waals surface area contributed by atoms with Gasteiger partial charge >= 0.3 is 6.01 Å². The maximum atomic E-state index is 17.5. The highest BCUT2D eigenvalue weighted by Crippen LogP contribution is 2.48. The standard InChI is InChI=1S/C44H49ClFN5O6/c1-43(2,28-10-5-4-6-11-28)51-34-22-50(23-35(51)40(53)39(34)52)41-32-21-33(45)36(31-20-29(57-26-54-3)19-27-9-7-8-12-30(27)31)37(46)38(32)47-42(48-41)56-25-44(13-14-44)24-49-15-17-55-18-16-49/h4-12,19-21,34-35,39-40,52-53H,13-18,22-26H2,1-3H3. The van der Waals surface area contributed by atoms with Crippen LogP contribution in [0.2, 0.25) is 5.02 Å². The number of hydrogen-bond donors (Lipinski definition) is 2. The molecule has 4 atom stereocenters. The minimum absolute atomic E-state index is 0.0250. The van der Waals surface area contributed by atoms with Gasteiger partial charge in [0, 0.05) is 61.7 Å². The third-order valence-corrected chi connectivity index (χ3v) is 12.8. The number of anilines is 1. The van der Waals surface area contributed by atoms with E-state index < -0.39 is 35.6 Å². The fourth-order valence-electron chi connectivity index (χ4n) is 9.33. The molecule has 4 fully saturated rings. The normalized spacial score (nSPS) is 23.7. The predicted molar refractivity (Wildman–Crippen MR) is 217 cm³/mol. The number of ether oxygens (including phenoxy) is 4. The molecule has 0 amide bonds. The van der Waals surface area contributed by atoms with E-state index in [1.807, 2.05) is 53.4 Å². The van der Waals surface area contributed by atoms with E-state index >= 15 is 4.39 Å². The Morgan fingerprint density at radius 1 is 0.912 bits per heavy atom. The zero-order valence-corrected chi connectivity index (χ0v) is 33.3. The van der Waals surface area contributed by atoms with Gasteiger partial charge in [-0.15, -0.1) is 0 Å². The summed E-state index contributed by atoms with van der Waals surface area (Å²) in [7, 11) is 1.54. The van der Waals surface area contributed by atoms with Crippen molar-refractivity contribution in [3.63, 3.8) is 0 Å². The summed E-state index contributed by atoms with van der Waals surface area (Å²) in [5, 5.41) is 25.3. The summed E-state index contributed by atoms with van der Waals surface area (Å²) >= 11 is 7.13. The van der Waals surface area contributed by atoms with Crippen LogP contribution in [-0.4, -0.2) is 121 Å². The van der Waals surface area contributed by atoms with Crippen LogP contribution in [0, 0.1) is 11.2 Å². The van der Waals surface area contributed by atoms with E-state index in [2.05, 4.69) is 35.8 Å². The lowest BCUT2D eigenvalue weighted by atomic mass is 9.89. The average molecular weight is 798 g/mol. The first kappa shape index (κ1) is 38.4. The van der Waals surface area contributed by atoms with Gasteiger partial charge in [-0.05, 0) is 66.8 Å². The fraction of sp³-hybridized carbons (Fsp3) is 0.455. The summed E-state index contributed by atoms with van der Waals surface area (Å²) < 4.78 is 40.6. The van der Waals surface area contributed by atoms with Gasteiger partial charge in [-0.25, -0.2) is 4.39 Å². The number of aliphatic hydroxyl groups is 2. The molecule has 1 aromatic heterocycles. The first-order valence-electron chi connectivity index (χ1n) is 19.8. The van der Waals surface area contributed by atoms with E-state index in [-0.39, 0.29) is 34.3 Å². The van der Waals surface area contributed by atoms with Crippen LogP contribution in [0.25, 0.3) is 32.8 Å². The van der Waals surface area contributed by atoms with Crippen LogP contribution >= 0.6 is 11.6 Å². The van der Waals surface area contributed by atoms with Gasteiger partial charge in [0.2, 0.25) is 0 Å². The third kappa shape index (κ3) is 7.09. The molecule has 4 unspecified atom stereocenters. The molecule has 1 aliphatic carbocycles. The van der Waals surface area contributed by atoms with Gasteiger partial charge in [0.05, 0.1) is 49.1 Å². The highest BCUT2D eigenvalue weighted by molar-refractivity contribution is 6.35. The molecule has 300 valence electrons. The van der Waals surface area contributed by atoms with Crippen LogP contribution in [-0.2, 0) is 15.0 Å². The summed E-state index contributed by atoms with van der Waals surface area (Å²) in [6.07, 6.45) is 0.0291. The van der Waals surface area contributed by atoms with Crippen molar-refractivity contribution in [3.8, 4) is 22.9 Å². The van der Waals surface area contributed by atoms with E-state index in [4.69, 9.17) is 40.5 Å². The largest absolute Gasteiger partial charge is 0.468 e. The molecule has 5 aromatic rings. The zero-order valence-electron chi connectivity index (χ0n) is 32.5. The Bertz CT molecular complexity index is 2250. The number of aliphatic hydroxyl groups excluding tert-OH is 2. The van der Waals surface area contributed by atoms with Crippen molar-refractivity contribution in [2.24, 2.45) is 5.41 Å². The van der Waals surface area contributed by atoms with Crippen molar-refractivity contribution in [2.45, 2.75) is 56.5 Å². The highest BCUT2D eigenvalue weighted by atomic mass is 35.5. The number of methoxy groups -OCH3 is 1. The molecule has 3 saturated heterocycles. The molecule has 4 aliphatic rings. The molecule has 11 nitrogen and oxygen atoms in total. The molecular weight excluding hydrogens is 749 g/mol.